The third-order valence-electron chi connectivity index (χ3n) is 3.33. The number of fused-ring (bicyclic) bond motifs is 1. The van der Waals surface area contributed by atoms with Gasteiger partial charge in [0.1, 0.15) is 5.82 Å². The number of aromatic nitrogens is 4. The molecule has 6 nitrogen and oxygen atoms in total. The largest absolute Gasteiger partial charge is 0.454 e. The zero-order valence-electron chi connectivity index (χ0n) is 11.7. The highest BCUT2D eigenvalue weighted by Gasteiger charge is 2.18. The fourth-order valence-corrected chi connectivity index (χ4v) is 2.55. The lowest BCUT2D eigenvalue weighted by molar-refractivity contribution is 0.174. The van der Waals surface area contributed by atoms with Gasteiger partial charge in [0.05, 0.1) is 10.7 Å². The van der Waals surface area contributed by atoms with Crippen LogP contribution in [0, 0.1) is 6.92 Å². The second-order valence-electron chi connectivity index (χ2n) is 4.79. The number of halogens is 1. The predicted octanol–water partition coefficient (Wildman–Crippen LogP) is 3.02. The topological polar surface area (TPSA) is 62.1 Å². The van der Waals surface area contributed by atoms with Crippen LogP contribution in [0.2, 0.25) is 5.02 Å². The molecule has 4 rings (SSSR count). The number of hydrogen-bond donors (Lipinski definition) is 0. The van der Waals surface area contributed by atoms with Crippen LogP contribution in [-0.2, 0) is 0 Å². The smallest absolute Gasteiger partial charge is 0.231 e. The van der Waals surface area contributed by atoms with Gasteiger partial charge < -0.3 is 9.47 Å². The summed E-state index contributed by atoms with van der Waals surface area (Å²) < 4.78 is 12.5. The molecule has 1 aromatic carbocycles. The quantitative estimate of drug-likeness (QED) is 0.727. The highest BCUT2D eigenvalue weighted by molar-refractivity contribution is 6.33. The summed E-state index contributed by atoms with van der Waals surface area (Å²) in [5.74, 6) is 2.73. The number of pyridine rings is 1. The van der Waals surface area contributed by atoms with Gasteiger partial charge in [-0.05, 0) is 25.1 Å². The minimum absolute atomic E-state index is 0.234. The van der Waals surface area contributed by atoms with E-state index in [9.17, 15) is 0 Å². The number of rotatable bonds is 2. The first-order valence-corrected chi connectivity index (χ1v) is 7.04. The van der Waals surface area contributed by atoms with E-state index >= 15 is 0 Å². The van der Waals surface area contributed by atoms with Crippen molar-refractivity contribution in [2.75, 3.05) is 6.79 Å². The van der Waals surface area contributed by atoms with Crippen molar-refractivity contribution in [1.29, 1.82) is 0 Å². The Morgan fingerprint density at radius 1 is 1.18 bits per heavy atom. The molecule has 0 N–H and O–H groups in total. The summed E-state index contributed by atoms with van der Waals surface area (Å²) in [6.45, 7) is 2.07. The zero-order valence-corrected chi connectivity index (χ0v) is 12.4. The van der Waals surface area contributed by atoms with Crippen molar-refractivity contribution in [3.63, 3.8) is 0 Å². The Bertz CT molecular complexity index is 862. The Hall–Kier alpha value is -2.60. The van der Waals surface area contributed by atoms with Gasteiger partial charge in [-0.2, -0.15) is 5.10 Å². The fourth-order valence-electron chi connectivity index (χ4n) is 2.34. The van der Waals surface area contributed by atoms with Crippen LogP contribution in [-0.4, -0.2) is 26.5 Å². The molecule has 22 heavy (non-hydrogen) atoms. The Morgan fingerprint density at radius 2 is 2.05 bits per heavy atom. The van der Waals surface area contributed by atoms with Gasteiger partial charge >= 0.3 is 0 Å². The summed E-state index contributed by atoms with van der Waals surface area (Å²) in [7, 11) is 0. The lowest BCUT2D eigenvalue weighted by Crippen LogP contribution is -2.00. The number of nitrogens with zero attached hydrogens (tertiary/aromatic N) is 4. The Balaban J connectivity index is 1.88. The third-order valence-corrected chi connectivity index (χ3v) is 3.63. The predicted molar refractivity (Wildman–Crippen MR) is 80.5 cm³/mol. The minimum Gasteiger partial charge on any atom is -0.454 e. The molecule has 0 bridgehead atoms. The van der Waals surface area contributed by atoms with E-state index in [-0.39, 0.29) is 6.79 Å². The molecule has 0 radical (unpaired) electrons. The van der Waals surface area contributed by atoms with Crippen LogP contribution in [0.15, 0.2) is 36.7 Å². The lowest BCUT2D eigenvalue weighted by atomic mass is 10.2. The first kappa shape index (κ1) is 13.1. The molecule has 3 heterocycles. The van der Waals surface area contributed by atoms with E-state index in [0.717, 1.165) is 17.0 Å². The molecule has 7 heteroatoms. The molecular formula is C15H11ClN4O2. The maximum Gasteiger partial charge on any atom is 0.231 e. The SMILES string of the molecule is Cc1nc(-c2ccncc2Cl)n(-c2ccc3c(c2)OCO3)n1. The fraction of sp³-hybridized carbons (Fsp3) is 0.133. The van der Waals surface area contributed by atoms with Crippen LogP contribution in [0.5, 0.6) is 11.5 Å². The van der Waals surface area contributed by atoms with Crippen LogP contribution in [0.4, 0.5) is 0 Å². The molecular weight excluding hydrogens is 304 g/mol. The van der Waals surface area contributed by atoms with Crippen LogP contribution in [0.3, 0.4) is 0 Å². The monoisotopic (exact) mass is 314 g/mol. The van der Waals surface area contributed by atoms with E-state index in [1.165, 1.54) is 0 Å². The van der Waals surface area contributed by atoms with Crippen molar-refractivity contribution in [2.45, 2.75) is 6.92 Å². The molecule has 0 unspecified atom stereocenters. The molecule has 0 saturated heterocycles. The van der Waals surface area contributed by atoms with Gasteiger partial charge in [-0.3, -0.25) is 4.98 Å². The highest BCUT2D eigenvalue weighted by atomic mass is 35.5. The van der Waals surface area contributed by atoms with E-state index in [4.69, 9.17) is 21.1 Å². The van der Waals surface area contributed by atoms with E-state index in [2.05, 4.69) is 15.1 Å². The average molecular weight is 315 g/mol. The van der Waals surface area contributed by atoms with E-state index < -0.39 is 0 Å². The van der Waals surface area contributed by atoms with E-state index in [1.54, 1.807) is 17.1 Å². The molecule has 0 amide bonds. The maximum absolute atomic E-state index is 6.23. The van der Waals surface area contributed by atoms with Crippen molar-refractivity contribution in [2.24, 2.45) is 0 Å². The summed E-state index contributed by atoms with van der Waals surface area (Å²) >= 11 is 6.23. The molecule has 0 aliphatic carbocycles. The van der Waals surface area contributed by atoms with Crippen LogP contribution >= 0.6 is 11.6 Å². The second kappa shape index (κ2) is 4.99. The molecule has 0 saturated carbocycles. The summed E-state index contributed by atoms with van der Waals surface area (Å²) in [5.41, 5.74) is 1.60. The minimum atomic E-state index is 0.234. The first-order valence-electron chi connectivity index (χ1n) is 6.66. The molecule has 0 spiro atoms. The van der Waals surface area contributed by atoms with Crippen molar-refractivity contribution in [3.8, 4) is 28.6 Å². The van der Waals surface area contributed by atoms with Crippen molar-refractivity contribution < 1.29 is 9.47 Å². The average Bonchev–Trinajstić information content (AvgIpc) is 3.13. The number of hydrogen-bond acceptors (Lipinski definition) is 5. The van der Waals surface area contributed by atoms with Crippen molar-refractivity contribution in [3.05, 3.63) is 47.5 Å². The summed E-state index contributed by atoms with van der Waals surface area (Å²) in [4.78, 5) is 8.48. The first-order chi connectivity index (χ1) is 10.7. The van der Waals surface area contributed by atoms with E-state index in [1.807, 2.05) is 31.2 Å². The standard InChI is InChI=1S/C15H11ClN4O2/c1-9-18-15(11-4-5-17-7-12(11)16)20(19-9)10-2-3-13-14(6-10)22-8-21-13/h2-7H,8H2,1H3. The molecule has 1 aliphatic heterocycles. The van der Waals surface area contributed by atoms with Gasteiger partial charge in [-0.15, -0.1) is 0 Å². The second-order valence-corrected chi connectivity index (χ2v) is 5.19. The normalized spacial score (nSPS) is 12.6. The molecule has 3 aromatic rings. The van der Waals surface area contributed by atoms with Gasteiger partial charge in [0, 0.05) is 24.0 Å². The van der Waals surface area contributed by atoms with Crippen LogP contribution < -0.4 is 9.47 Å². The number of benzene rings is 1. The van der Waals surface area contributed by atoms with Gasteiger partial charge in [-0.25, -0.2) is 9.67 Å². The molecule has 1 aliphatic rings. The zero-order chi connectivity index (χ0) is 15.1. The van der Waals surface area contributed by atoms with Crippen molar-refractivity contribution in [1.82, 2.24) is 19.7 Å². The maximum atomic E-state index is 6.23. The van der Waals surface area contributed by atoms with Gasteiger partial charge in [-0.1, -0.05) is 11.6 Å². The lowest BCUT2D eigenvalue weighted by Gasteiger charge is -2.07. The Morgan fingerprint density at radius 3 is 2.91 bits per heavy atom. The molecule has 0 atom stereocenters. The number of ether oxygens (including phenoxy) is 2. The summed E-state index contributed by atoms with van der Waals surface area (Å²) in [5, 5.41) is 4.98. The Labute approximate surface area is 131 Å². The van der Waals surface area contributed by atoms with Crippen LogP contribution in [0.1, 0.15) is 5.82 Å². The van der Waals surface area contributed by atoms with Gasteiger partial charge in [0.2, 0.25) is 6.79 Å². The van der Waals surface area contributed by atoms with Gasteiger partial charge in [0.25, 0.3) is 0 Å². The van der Waals surface area contributed by atoms with Crippen molar-refractivity contribution >= 4 is 11.6 Å². The van der Waals surface area contributed by atoms with E-state index in [0.29, 0.717) is 22.4 Å². The molecule has 110 valence electrons. The third kappa shape index (κ3) is 2.08. The number of aryl methyl sites for hydroxylation is 1. The molecule has 0 fully saturated rings. The highest BCUT2D eigenvalue weighted by Crippen LogP contribution is 2.35. The van der Waals surface area contributed by atoms with Crippen LogP contribution in [0.25, 0.3) is 17.1 Å². The molecule has 2 aromatic heterocycles. The van der Waals surface area contributed by atoms with Gasteiger partial charge in [0.15, 0.2) is 17.3 Å². The Kier molecular flexibility index (Phi) is 2.97. The summed E-state index contributed by atoms with van der Waals surface area (Å²) in [6.07, 6.45) is 3.26. The summed E-state index contributed by atoms with van der Waals surface area (Å²) in [6, 6.07) is 7.44.